The minimum atomic E-state index is -1.20. The quantitative estimate of drug-likeness (QED) is 0.645. The molecule has 1 aliphatic carbocycles. The molecule has 0 bridgehead atoms. The number of nitro groups is 1. The number of aromatic carboxylic acids is 1. The standard InChI is InChI=1S/C11H13N3O4/c1-13(7-3-2-4-7)10-9(11(15)16)5-8(6-12-10)14(17)18/h5-7H,2-4H2,1H3,(H,15,16). The largest absolute Gasteiger partial charge is 0.478 e. The van der Waals surface area contributed by atoms with Crippen LogP contribution in [0, 0.1) is 10.1 Å². The summed E-state index contributed by atoms with van der Waals surface area (Å²) < 4.78 is 0. The van der Waals surface area contributed by atoms with Crippen molar-refractivity contribution in [3.8, 4) is 0 Å². The van der Waals surface area contributed by atoms with Gasteiger partial charge < -0.3 is 10.0 Å². The molecule has 1 N–H and O–H groups in total. The van der Waals surface area contributed by atoms with Crippen LogP contribution in [0.15, 0.2) is 12.3 Å². The molecule has 96 valence electrons. The highest BCUT2D eigenvalue weighted by atomic mass is 16.6. The molecule has 0 radical (unpaired) electrons. The first-order chi connectivity index (χ1) is 8.50. The molecule has 1 heterocycles. The molecule has 0 aliphatic heterocycles. The summed E-state index contributed by atoms with van der Waals surface area (Å²) in [4.78, 5) is 26.8. The fourth-order valence-corrected chi connectivity index (χ4v) is 1.93. The lowest BCUT2D eigenvalue weighted by molar-refractivity contribution is -0.385. The molecule has 0 spiro atoms. The highest BCUT2D eigenvalue weighted by Gasteiger charge is 2.27. The second kappa shape index (κ2) is 4.59. The van der Waals surface area contributed by atoms with Gasteiger partial charge in [-0.2, -0.15) is 0 Å². The Morgan fingerprint density at radius 3 is 2.72 bits per heavy atom. The minimum absolute atomic E-state index is 0.126. The van der Waals surface area contributed by atoms with Crippen molar-refractivity contribution >= 4 is 17.5 Å². The first-order valence-corrected chi connectivity index (χ1v) is 5.61. The molecule has 0 unspecified atom stereocenters. The van der Waals surface area contributed by atoms with Crippen LogP contribution in [0.2, 0.25) is 0 Å². The molecule has 2 rings (SSSR count). The second-order valence-corrected chi connectivity index (χ2v) is 4.32. The number of nitrogens with zero attached hydrogens (tertiary/aromatic N) is 3. The summed E-state index contributed by atoms with van der Waals surface area (Å²) in [7, 11) is 1.77. The van der Waals surface area contributed by atoms with E-state index in [1.807, 2.05) is 0 Å². The monoisotopic (exact) mass is 251 g/mol. The SMILES string of the molecule is CN(c1ncc([N+](=O)[O-])cc1C(=O)O)C1CCC1. The molecule has 0 aromatic carbocycles. The minimum Gasteiger partial charge on any atom is -0.478 e. The maximum atomic E-state index is 11.1. The topological polar surface area (TPSA) is 96.6 Å². The van der Waals surface area contributed by atoms with Crippen LogP contribution in [0.25, 0.3) is 0 Å². The molecule has 1 saturated carbocycles. The Labute approximate surface area is 103 Å². The van der Waals surface area contributed by atoms with Crippen molar-refractivity contribution in [2.75, 3.05) is 11.9 Å². The predicted octanol–water partition coefficient (Wildman–Crippen LogP) is 1.68. The molecule has 1 aliphatic rings. The van der Waals surface area contributed by atoms with E-state index in [0.29, 0.717) is 0 Å². The number of rotatable bonds is 4. The molecule has 1 aromatic heterocycles. The zero-order valence-corrected chi connectivity index (χ0v) is 9.87. The van der Waals surface area contributed by atoms with Crippen molar-refractivity contribution in [2.24, 2.45) is 0 Å². The molecule has 0 amide bonds. The van der Waals surface area contributed by atoms with Crippen molar-refractivity contribution in [1.29, 1.82) is 0 Å². The summed E-state index contributed by atoms with van der Waals surface area (Å²) in [5, 5.41) is 19.7. The first-order valence-electron chi connectivity index (χ1n) is 5.61. The molecule has 18 heavy (non-hydrogen) atoms. The van der Waals surface area contributed by atoms with Crippen LogP contribution < -0.4 is 4.90 Å². The van der Waals surface area contributed by atoms with Gasteiger partial charge in [0, 0.05) is 19.2 Å². The van der Waals surface area contributed by atoms with Crippen LogP contribution in [0.5, 0.6) is 0 Å². The number of hydrogen-bond acceptors (Lipinski definition) is 5. The van der Waals surface area contributed by atoms with Gasteiger partial charge in [-0.15, -0.1) is 0 Å². The van der Waals surface area contributed by atoms with Gasteiger partial charge in [0.05, 0.1) is 4.92 Å². The molecule has 0 atom stereocenters. The van der Waals surface area contributed by atoms with Gasteiger partial charge in [-0.1, -0.05) is 0 Å². The van der Waals surface area contributed by atoms with Crippen LogP contribution in [0.1, 0.15) is 29.6 Å². The number of carboxylic acid groups (broad SMARTS) is 1. The van der Waals surface area contributed by atoms with E-state index >= 15 is 0 Å². The number of hydrogen-bond donors (Lipinski definition) is 1. The lowest BCUT2D eigenvalue weighted by Crippen LogP contribution is -2.38. The summed E-state index contributed by atoms with van der Waals surface area (Å²) in [6, 6.07) is 1.33. The number of carbonyl (C=O) groups is 1. The summed E-state index contributed by atoms with van der Waals surface area (Å²) in [6.45, 7) is 0. The Bertz CT molecular complexity index is 499. The van der Waals surface area contributed by atoms with Crippen LogP contribution in [-0.2, 0) is 0 Å². The average Bonchev–Trinajstić information content (AvgIpc) is 2.25. The van der Waals surface area contributed by atoms with Gasteiger partial charge in [0.2, 0.25) is 0 Å². The Morgan fingerprint density at radius 2 is 2.28 bits per heavy atom. The van der Waals surface area contributed by atoms with E-state index in [1.165, 1.54) is 0 Å². The highest BCUT2D eigenvalue weighted by Crippen LogP contribution is 2.30. The van der Waals surface area contributed by atoms with Crippen LogP contribution in [-0.4, -0.2) is 34.1 Å². The fraction of sp³-hybridized carbons (Fsp3) is 0.455. The molecule has 1 aromatic rings. The summed E-state index contributed by atoms with van der Waals surface area (Å²) in [5.41, 5.74) is -0.434. The van der Waals surface area contributed by atoms with Crippen molar-refractivity contribution < 1.29 is 14.8 Å². The number of anilines is 1. The van der Waals surface area contributed by atoms with E-state index in [2.05, 4.69) is 4.98 Å². The van der Waals surface area contributed by atoms with Crippen LogP contribution >= 0.6 is 0 Å². The van der Waals surface area contributed by atoms with E-state index in [0.717, 1.165) is 31.5 Å². The van der Waals surface area contributed by atoms with Gasteiger partial charge in [0.1, 0.15) is 17.6 Å². The van der Waals surface area contributed by atoms with Gasteiger partial charge in [-0.05, 0) is 19.3 Å². The van der Waals surface area contributed by atoms with E-state index in [1.54, 1.807) is 11.9 Å². The normalized spacial score (nSPS) is 14.9. The third-order valence-corrected chi connectivity index (χ3v) is 3.25. The Hall–Kier alpha value is -2.18. The van der Waals surface area contributed by atoms with Crippen molar-refractivity contribution in [3.63, 3.8) is 0 Å². The highest BCUT2D eigenvalue weighted by molar-refractivity contribution is 5.94. The Morgan fingerprint density at radius 1 is 1.61 bits per heavy atom. The lowest BCUT2D eigenvalue weighted by atomic mass is 9.91. The third-order valence-electron chi connectivity index (χ3n) is 3.25. The predicted molar refractivity (Wildman–Crippen MR) is 63.9 cm³/mol. The average molecular weight is 251 g/mol. The molecule has 7 nitrogen and oxygen atoms in total. The third kappa shape index (κ3) is 2.11. The molecular formula is C11H13N3O4. The molecule has 7 heteroatoms. The van der Waals surface area contributed by atoms with Crippen molar-refractivity contribution in [2.45, 2.75) is 25.3 Å². The number of carboxylic acids is 1. The molecule has 1 fully saturated rings. The van der Waals surface area contributed by atoms with Gasteiger partial charge in [0.25, 0.3) is 5.69 Å². The van der Waals surface area contributed by atoms with E-state index < -0.39 is 10.9 Å². The summed E-state index contributed by atoms with van der Waals surface area (Å²) in [5.74, 6) is -0.912. The van der Waals surface area contributed by atoms with Gasteiger partial charge >= 0.3 is 5.97 Å². The van der Waals surface area contributed by atoms with Gasteiger partial charge in [0.15, 0.2) is 0 Å². The first kappa shape index (κ1) is 12.3. The maximum Gasteiger partial charge on any atom is 0.339 e. The summed E-state index contributed by atoms with van der Waals surface area (Å²) in [6.07, 6.45) is 4.20. The van der Waals surface area contributed by atoms with Gasteiger partial charge in [-0.3, -0.25) is 10.1 Å². The Kier molecular flexibility index (Phi) is 3.14. The second-order valence-electron chi connectivity index (χ2n) is 4.32. The van der Waals surface area contributed by atoms with E-state index in [4.69, 9.17) is 5.11 Å². The zero-order chi connectivity index (χ0) is 13.3. The smallest absolute Gasteiger partial charge is 0.339 e. The summed E-state index contributed by atoms with van der Waals surface area (Å²) >= 11 is 0. The van der Waals surface area contributed by atoms with E-state index in [-0.39, 0.29) is 23.1 Å². The zero-order valence-electron chi connectivity index (χ0n) is 9.87. The van der Waals surface area contributed by atoms with Crippen molar-refractivity contribution in [3.05, 3.63) is 27.9 Å². The van der Waals surface area contributed by atoms with Gasteiger partial charge in [-0.25, -0.2) is 9.78 Å². The van der Waals surface area contributed by atoms with E-state index in [9.17, 15) is 14.9 Å². The number of pyridine rings is 1. The maximum absolute atomic E-state index is 11.1. The lowest BCUT2D eigenvalue weighted by Gasteiger charge is -2.35. The van der Waals surface area contributed by atoms with Crippen molar-refractivity contribution in [1.82, 2.24) is 4.98 Å². The molecule has 0 saturated heterocycles. The fourth-order valence-electron chi connectivity index (χ4n) is 1.93. The van der Waals surface area contributed by atoms with Crippen LogP contribution in [0.4, 0.5) is 11.5 Å². The van der Waals surface area contributed by atoms with Crippen LogP contribution in [0.3, 0.4) is 0 Å². The molecular weight excluding hydrogens is 238 g/mol. The number of aromatic nitrogens is 1. The Balaban J connectivity index is 2.39.